The highest BCUT2D eigenvalue weighted by molar-refractivity contribution is 5.93. The van der Waals surface area contributed by atoms with Crippen LogP contribution in [0.25, 0.3) is 11.3 Å². The molecular weight excluding hydrogens is 320 g/mol. The van der Waals surface area contributed by atoms with E-state index in [1.54, 1.807) is 19.2 Å². The van der Waals surface area contributed by atoms with Crippen LogP contribution in [0.1, 0.15) is 21.6 Å². The second-order valence-corrected chi connectivity index (χ2v) is 5.74. The Balaban J connectivity index is 1.78. The predicted octanol–water partition coefficient (Wildman–Crippen LogP) is 3.56. The Morgan fingerprint density at radius 2 is 1.88 bits per heavy atom. The van der Waals surface area contributed by atoms with Crippen molar-refractivity contribution < 1.29 is 14.4 Å². The molecule has 0 atom stereocenters. The van der Waals surface area contributed by atoms with E-state index in [0.29, 0.717) is 28.1 Å². The average molecular weight is 338 g/mol. The van der Waals surface area contributed by atoms with Crippen LogP contribution in [0.5, 0.6) is 0 Å². The number of carbonyl (C=O) groups excluding carboxylic acids is 1. The number of nitrogens with zero attached hydrogens (tertiary/aromatic N) is 3. The Bertz CT molecular complexity index is 901. The summed E-state index contributed by atoms with van der Waals surface area (Å²) >= 11 is 0. The Kier molecular flexibility index (Phi) is 4.49. The van der Waals surface area contributed by atoms with Crippen LogP contribution in [-0.2, 0) is 0 Å². The maximum atomic E-state index is 11.8. The lowest BCUT2D eigenvalue weighted by molar-refractivity contribution is -0.0380. The molecule has 3 rings (SSSR count). The molecule has 0 spiro atoms. The third-order valence-electron chi connectivity index (χ3n) is 3.67. The van der Waals surface area contributed by atoms with Gasteiger partial charge in [0.25, 0.3) is 11.9 Å². The fourth-order valence-electron chi connectivity index (χ4n) is 2.33. The van der Waals surface area contributed by atoms with Gasteiger partial charge in [0.2, 0.25) is 0 Å². The molecule has 2 N–H and O–H groups in total. The Morgan fingerprint density at radius 3 is 2.52 bits per heavy atom. The molecule has 0 aliphatic heterocycles. The first-order chi connectivity index (χ1) is 11.9. The molecule has 0 bridgehead atoms. The smallest absolute Gasteiger partial charge is 0.299 e. The van der Waals surface area contributed by atoms with Crippen molar-refractivity contribution in [3.05, 3.63) is 59.5 Å². The lowest BCUT2D eigenvalue weighted by Gasteiger charge is -2.10. The van der Waals surface area contributed by atoms with Gasteiger partial charge in [0, 0.05) is 12.6 Å². The second-order valence-electron chi connectivity index (χ2n) is 5.74. The Morgan fingerprint density at radius 1 is 1.16 bits per heavy atom. The van der Waals surface area contributed by atoms with Crippen LogP contribution in [0, 0.1) is 13.8 Å². The van der Waals surface area contributed by atoms with Crippen molar-refractivity contribution in [3.8, 4) is 11.3 Å². The molecule has 25 heavy (non-hydrogen) atoms. The molecule has 3 aromatic rings. The number of hydrogen-bond donors (Lipinski definition) is 2. The van der Waals surface area contributed by atoms with Crippen LogP contribution in [-0.4, -0.2) is 33.2 Å². The van der Waals surface area contributed by atoms with Crippen LogP contribution < -0.4 is 5.32 Å². The zero-order valence-electron chi connectivity index (χ0n) is 14.1. The molecule has 0 unspecified atom stereocenters. The van der Waals surface area contributed by atoms with E-state index in [2.05, 4.69) is 15.3 Å². The second kappa shape index (κ2) is 6.74. The number of aromatic nitrogens is 2. The van der Waals surface area contributed by atoms with Crippen molar-refractivity contribution >= 4 is 17.6 Å². The van der Waals surface area contributed by atoms with E-state index in [-0.39, 0.29) is 5.69 Å². The average Bonchev–Trinajstić information content (AvgIpc) is 3.03. The summed E-state index contributed by atoms with van der Waals surface area (Å²) in [6.07, 6.45) is 3.13. The van der Waals surface area contributed by atoms with Gasteiger partial charge in [-0.1, -0.05) is 29.8 Å². The van der Waals surface area contributed by atoms with Crippen LogP contribution in [0.15, 0.2) is 47.1 Å². The number of anilines is 2. The predicted molar refractivity (Wildman–Crippen MR) is 92.8 cm³/mol. The Labute approximate surface area is 144 Å². The van der Waals surface area contributed by atoms with Gasteiger partial charge in [-0.25, -0.2) is 15.0 Å². The van der Waals surface area contributed by atoms with Crippen molar-refractivity contribution in [2.45, 2.75) is 13.8 Å². The van der Waals surface area contributed by atoms with Gasteiger partial charge in [0.05, 0.1) is 18.1 Å². The number of amides is 1. The summed E-state index contributed by atoms with van der Waals surface area (Å²) < 4.78 is 5.70. The van der Waals surface area contributed by atoms with Gasteiger partial charge in [-0.15, -0.1) is 0 Å². The lowest BCUT2D eigenvalue weighted by Crippen LogP contribution is -2.24. The number of nitrogens with one attached hydrogen (secondary N) is 1. The highest BCUT2D eigenvalue weighted by Crippen LogP contribution is 2.25. The molecule has 0 radical (unpaired) electrons. The molecule has 0 aliphatic carbocycles. The summed E-state index contributed by atoms with van der Waals surface area (Å²) in [6, 6.07) is 10.0. The van der Waals surface area contributed by atoms with Crippen LogP contribution in [0.4, 0.5) is 11.7 Å². The monoisotopic (exact) mass is 338 g/mol. The van der Waals surface area contributed by atoms with Crippen LogP contribution in [0.2, 0.25) is 0 Å². The summed E-state index contributed by atoms with van der Waals surface area (Å²) in [5.41, 5.74) is 3.55. The van der Waals surface area contributed by atoms with Gasteiger partial charge in [-0.05, 0) is 25.5 Å². The zero-order valence-corrected chi connectivity index (χ0v) is 14.1. The molecule has 7 heteroatoms. The molecule has 0 saturated heterocycles. The van der Waals surface area contributed by atoms with Crippen molar-refractivity contribution in [2.24, 2.45) is 0 Å². The van der Waals surface area contributed by atoms with Crippen molar-refractivity contribution in [3.63, 3.8) is 0 Å². The number of hydrogen-bond acceptors (Lipinski definition) is 6. The number of oxazole rings is 1. The number of rotatable bonds is 4. The summed E-state index contributed by atoms with van der Waals surface area (Å²) in [4.78, 5) is 20.1. The first-order valence-corrected chi connectivity index (χ1v) is 7.67. The van der Waals surface area contributed by atoms with Gasteiger partial charge in [0.15, 0.2) is 5.76 Å². The lowest BCUT2D eigenvalue weighted by atomic mass is 10.1. The quantitative estimate of drug-likeness (QED) is 0.558. The molecule has 2 heterocycles. The molecule has 128 valence electrons. The first-order valence-electron chi connectivity index (χ1n) is 7.67. The minimum atomic E-state index is -0.568. The third-order valence-corrected chi connectivity index (χ3v) is 3.67. The summed E-state index contributed by atoms with van der Waals surface area (Å²) in [6.45, 7) is 3.76. The van der Waals surface area contributed by atoms with Crippen LogP contribution >= 0.6 is 0 Å². The summed E-state index contributed by atoms with van der Waals surface area (Å²) in [7, 11) is 1.26. The molecule has 1 amide bonds. The molecule has 0 saturated carbocycles. The van der Waals surface area contributed by atoms with Gasteiger partial charge >= 0.3 is 0 Å². The van der Waals surface area contributed by atoms with E-state index in [4.69, 9.17) is 4.42 Å². The van der Waals surface area contributed by atoms with Crippen LogP contribution in [0.3, 0.4) is 0 Å². The van der Waals surface area contributed by atoms with Crippen molar-refractivity contribution in [2.75, 3.05) is 12.4 Å². The fourth-order valence-corrected chi connectivity index (χ4v) is 2.33. The normalized spacial score (nSPS) is 10.6. The number of hydroxylamine groups is 2. The maximum absolute atomic E-state index is 11.8. The Hall–Kier alpha value is -3.19. The van der Waals surface area contributed by atoms with Gasteiger partial charge in [-0.2, -0.15) is 0 Å². The van der Waals surface area contributed by atoms with Crippen molar-refractivity contribution in [1.82, 2.24) is 15.0 Å². The molecule has 7 nitrogen and oxygen atoms in total. The SMILES string of the molecule is Cc1ccc(-c2cnc(Nc3cnc(C(=O)N(C)O)c(C)c3)o2)cc1. The number of carbonyl (C=O) groups is 1. The van der Waals surface area contributed by atoms with E-state index in [9.17, 15) is 10.0 Å². The van der Waals surface area contributed by atoms with E-state index in [1.807, 2.05) is 31.2 Å². The molecule has 1 aromatic carbocycles. The molecular formula is C18H18N4O3. The third kappa shape index (κ3) is 3.67. The van der Waals surface area contributed by atoms with E-state index < -0.39 is 5.91 Å². The number of pyridine rings is 1. The highest BCUT2D eigenvalue weighted by atomic mass is 16.5. The minimum absolute atomic E-state index is 0.184. The van der Waals surface area contributed by atoms with Gasteiger partial charge < -0.3 is 9.73 Å². The maximum Gasteiger partial charge on any atom is 0.299 e. The largest absolute Gasteiger partial charge is 0.423 e. The fraction of sp³-hybridized carbons (Fsp3) is 0.167. The number of benzene rings is 1. The molecule has 0 aliphatic rings. The summed E-state index contributed by atoms with van der Waals surface area (Å²) in [5, 5.41) is 12.8. The standard InChI is InChI=1S/C18H18N4O3/c1-11-4-6-13(7-5-11)15-10-20-18(25-15)21-14-8-12(2)16(19-9-14)17(23)22(3)24/h4-10,24H,1-3H3,(H,20,21). The highest BCUT2D eigenvalue weighted by Gasteiger charge is 2.15. The van der Waals surface area contributed by atoms with E-state index in [1.165, 1.54) is 18.8 Å². The van der Waals surface area contributed by atoms with Gasteiger partial charge in [-0.3, -0.25) is 10.0 Å². The molecule has 2 aromatic heterocycles. The minimum Gasteiger partial charge on any atom is -0.423 e. The van der Waals surface area contributed by atoms with E-state index in [0.717, 1.165) is 5.56 Å². The topological polar surface area (TPSA) is 91.5 Å². The zero-order chi connectivity index (χ0) is 18.0. The molecule has 0 fully saturated rings. The van der Waals surface area contributed by atoms with Crippen molar-refractivity contribution in [1.29, 1.82) is 0 Å². The van der Waals surface area contributed by atoms with Gasteiger partial charge in [0.1, 0.15) is 5.69 Å². The first kappa shape index (κ1) is 16.7. The summed E-state index contributed by atoms with van der Waals surface area (Å²) in [5.74, 6) is 0.0858. The number of aryl methyl sites for hydroxylation is 2. The van der Waals surface area contributed by atoms with E-state index >= 15 is 0 Å².